The molecule has 0 spiro atoms. The van der Waals surface area contributed by atoms with E-state index < -0.39 is 0 Å². The van der Waals surface area contributed by atoms with Gasteiger partial charge in [0.1, 0.15) is 0 Å². The number of carbonyl (C=O) groups is 2. The molecule has 100 valence electrons. The highest BCUT2D eigenvalue weighted by molar-refractivity contribution is 5.90. The maximum atomic E-state index is 12.1. The Balaban J connectivity index is 2.70. The van der Waals surface area contributed by atoms with E-state index in [1.54, 1.807) is 6.92 Å². The molecule has 0 radical (unpaired) electrons. The van der Waals surface area contributed by atoms with Crippen LogP contribution in [0.4, 0.5) is 0 Å². The third kappa shape index (κ3) is 3.31. The third-order valence-electron chi connectivity index (χ3n) is 3.45. The molecule has 0 aliphatic heterocycles. The molecule has 0 bridgehead atoms. The highest BCUT2D eigenvalue weighted by Crippen LogP contribution is 2.59. The van der Waals surface area contributed by atoms with Crippen LogP contribution in [0.15, 0.2) is 23.4 Å². The van der Waals surface area contributed by atoms with Gasteiger partial charge in [0.2, 0.25) is 5.91 Å². The summed E-state index contributed by atoms with van der Waals surface area (Å²) in [6.45, 7) is 11.5. The summed E-state index contributed by atoms with van der Waals surface area (Å²) in [7, 11) is 0. The van der Waals surface area contributed by atoms with Crippen molar-refractivity contribution in [2.75, 3.05) is 0 Å². The molecular weight excluding hydrogens is 226 g/mol. The number of rotatable bonds is 4. The van der Waals surface area contributed by atoms with Crippen LogP contribution in [0.25, 0.3) is 0 Å². The Hall–Kier alpha value is -1.38. The van der Waals surface area contributed by atoms with Crippen LogP contribution in [0.3, 0.4) is 0 Å². The zero-order chi connectivity index (χ0) is 14.1. The molecule has 0 aromatic heterocycles. The van der Waals surface area contributed by atoms with E-state index in [1.807, 2.05) is 13.8 Å². The van der Waals surface area contributed by atoms with Crippen molar-refractivity contribution in [1.29, 1.82) is 0 Å². The molecule has 1 aliphatic carbocycles. The maximum Gasteiger partial charge on any atom is 0.228 e. The van der Waals surface area contributed by atoms with Crippen molar-refractivity contribution in [2.45, 2.75) is 41.5 Å². The zero-order valence-corrected chi connectivity index (χ0v) is 12.1. The van der Waals surface area contributed by atoms with Crippen molar-refractivity contribution in [1.82, 2.24) is 5.32 Å². The monoisotopic (exact) mass is 249 g/mol. The molecule has 18 heavy (non-hydrogen) atoms. The SMILES string of the molecule is CC(=O)/C=C(\C)NC(=O)[C@H]1[C@H](C=C(C)C)C1(C)C. The van der Waals surface area contributed by atoms with Crippen LogP contribution < -0.4 is 5.32 Å². The first-order valence-corrected chi connectivity index (χ1v) is 6.31. The number of amides is 1. The second kappa shape index (κ2) is 5.09. The van der Waals surface area contributed by atoms with E-state index >= 15 is 0 Å². The summed E-state index contributed by atoms with van der Waals surface area (Å²) in [4.78, 5) is 23.0. The molecule has 1 amide bonds. The molecule has 1 fully saturated rings. The molecule has 1 rings (SSSR count). The number of nitrogens with one attached hydrogen (secondary N) is 1. The summed E-state index contributed by atoms with van der Waals surface area (Å²) >= 11 is 0. The van der Waals surface area contributed by atoms with Gasteiger partial charge in [-0.2, -0.15) is 0 Å². The molecular formula is C15H23NO2. The largest absolute Gasteiger partial charge is 0.330 e. The van der Waals surface area contributed by atoms with E-state index in [-0.39, 0.29) is 23.0 Å². The number of ketones is 1. The first-order chi connectivity index (χ1) is 8.16. The molecule has 0 saturated heterocycles. The second-order valence-corrected chi connectivity index (χ2v) is 6.00. The highest BCUT2D eigenvalue weighted by atomic mass is 16.2. The van der Waals surface area contributed by atoms with Crippen LogP contribution >= 0.6 is 0 Å². The fourth-order valence-corrected chi connectivity index (χ4v) is 2.46. The van der Waals surface area contributed by atoms with Gasteiger partial charge in [-0.1, -0.05) is 25.5 Å². The molecule has 1 aliphatic rings. The number of allylic oxidation sites excluding steroid dienone is 4. The molecule has 3 nitrogen and oxygen atoms in total. The summed E-state index contributed by atoms with van der Waals surface area (Å²) in [5.74, 6) is 0.261. The van der Waals surface area contributed by atoms with Gasteiger partial charge in [-0.05, 0) is 45.1 Å². The fraction of sp³-hybridized carbons (Fsp3) is 0.600. The number of hydrogen-bond donors (Lipinski definition) is 1. The quantitative estimate of drug-likeness (QED) is 0.615. The van der Waals surface area contributed by atoms with Crippen molar-refractivity contribution in [3.63, 3.8) is 0 Å². The first kappa shape index (κ1) is 14.7. The number of hydrogen-bond acceptors (Lipinski definition) is 2. The summed E-state index contributed by atoms with van der Waals surface area (Å²) < 4.78 is 0. The molecule has 0 aromatic rings. The van der Waals surface area contributed by atoms with Crippen molar-refractivity contribution in [3.8, 4) is 0 Å². The summed E-state index contributed by atoms with van der Waals surface area (Å²) in [6.07, 6.45) is 3.61. The van der Waals surface area contributed by atoms with Crippen LogP contribution in [0.2, 0.25) is 0 Å². The third-order valence-corrected chi connectivity index (χ3v) is 3.45. The van der Waals surface area contributed by atoms with Crippen LogP contribution in [-0.4, -0.2) is 11.7 Å². The summed E-state index contributed by atoms with van der Waals surface area (Å²) in [6, 6.07) is 0. The van der Waals surface area contributed by atoms with Crippen molar-refractivity contribution in [2.24, 2.45) is 17.3 Å². The van der Waals surface area contributed by atoms with Crippen LogP contribution in [0, 0.1) is 17.3 Å². The van der Waals surface area contributed by atoms with E-state index in [0.717, 1.165) is 0 Å². The fourth-order valence-electron chi connectivity index (χ4n) is 2.46. The topological polar surface area (TPSA) is 46.2 Å². The molecule has 0 aromatic carbocycles. The van der Waals surface area contributed by atoms with Gasteiger partial charge in [-0.25, -0.2) is 0 Å². The Kier molecular flexibility index (Phi) is 4.15. The lowest BCUT2D eigenvalue weighted by molar-refractivity contribution is -0.122. The predicted octanol–water partition coefficient (Wildman–Crippen LogP) is 2.83. The highest BCUT2D eigenvalue weighted by Gasteiger charge is 2.60. The van der Waals surface area contributed by atoms with Gasteiger partial charge in [-0.15, -0.1) is 0 Å². The minimum absolute atomic E-state index is 0.00251. The Morgan fingerprint density at radius 1 is 1.11 bits per heavy atom. The Labute approximate surface area is 109 Å². The van der Waals surface area contributed by atoms with E-state index in [4.69, 9.17) is 0 Å². The lowest BCUT2D eigenvalue weighted by Crippen LogP contribution is -2.25. The summed E-state index contributed by atoms with van der Waals surface area (Å²) in [5.41, 5.74) is 1.86. The van der Waals surface area contributed by atoms with Crippen molar-refractivity contribution >= 4 is 11.7 Å². The smallest absolute Gasteiger partial charge is 0.228 e. The summed E-state index contributed by atoms with van der Waals surface area (Å²) in [5, 5.41) is 2.80. The van der Waals surface area contributed by atoms with Crippen LogP contribution in [-0.2, 0) is 9.59 Å². The molecule has 3 heteroatoms. The maximum absolute atomic E-state index is 12.1. The van der Waals surface area contributed by atoms with E-state index in [0.29, 0.717) is 11.6 Å². The Morgan fingerprint density at radius 3 is 2.11 bits per heavy atom. The standard InChI is InChI=1S/C15H23NO2/c1-9(2)7-12-13(15(12,5)6)14(18)16-10(3)8-11(4)17/h7-8,12-13H,1-6H3,(H,16,18)/b10-8+/t12-,13+/m0/s1. The molecule has 0 heterocycles. The van der Waals surface area contributed by atoms with Crippen molar-refractivity contribution in [3.05, 3.63) is 23.4 Å². The van der Waals surface area contributed by atoms with E-state index in [1.165, 1.54) is 18.6 Å². The van der Waals surface area contributed by atoms with E-state index in [9.17, 15) is 9.59 Å². The molecule has 1 N–H and O–H groups in total. The van der Waals surface area contributed by atoms with Gasteiger partial charge in [0.15, 0.2) is 5.78 Å². The Morgan fingerprint density at radius 2 is 1.67 bits per heavy atom. The van der Waals surface area contributed by atoms with E-state index in [2.05, 4.69) is 25.2 Å². The van der Waals surface area contributed by atoms with Gasteiger partial charge < -0.3 is 5.32 Å². The number of carbonyl (C=O) groups excluding carboxylic acids is 2. The predicted molar refractivity (Wildman–Crippen MR) is 72.8 cm³/mol. The van der Waals surface area contributed by atoms with Crippen LogP contribution in [0.1, 0.15) is 41.5 Å². The minimum atomic E-state index is -0.0521. The molecule has 0 unspecified atom stereocenters. The zero-order valence-electron chi connectivity index (χ0n) is 12.1. The van der Waals surface area contributed by atoms with Gasteiger partial charge >= 0.3 is 0 Å². The second-order valence-electron chi connectivity index (χ2n) is 6.00. The van der Waals surface area contributed by atoms with Gasteiger partial charge in [0.25, 0.3) is 0 Å². The Bertz CT molecular complexity index is 426. The normalized spacial score (nSPS) is 25.3. The van der Waals surface area contributed by atoms with Crippen LogP contribution in [0.5, 0.6) is 0 Å². The van der Waals surface area contributed by atoms with Gasteiger partial charge in [0.05, 0.1) is 5.92 Å². The minimum Gasteiger partial charge on any atom is -0.330 e. The average molecular weight is 249 g/mol. The molecule has 2 atom stereocenters. The molecule has 1 saturated carbocycles. The van der Waals surface area contributed by atoms with Gasteiger partial charge in [0, 0.05) is 5.70 Å². The van der Waals surface area contributed by atoms with Gasteiger partial charge in [-0.3, -0.25) is 9.59 Å². The lowest BCUT2D eigenvalue weighted by Gasteiger charge is -2.05. The van der Waals surface area contributed by atoms with Crippen molar-refractivity contribution < 1.29 is 9.59 Å². The lowest BCUT2D eigenvalue weighted by atomic mass is 10.1. The average Bonchev–Trinajstić information content (AvgIpc) is 2.64. The first-order valence-electron chi connectivity index (χ1n) is 6.31.